The van der Waals surface area contributed by atoms with Crippen molar-refractivity contribution in [3.05, 3.63) is 45.6 Å². The van der Waals surface area contributed by atoms with Crippen molar-refractivity contribution in [2.24, 2.45) is 0 Å². The van der Waals surface area contributed by atoms with E-state index in [9.17, 15) is 0 Å². The maximum absolute atomic E-state index is 5.91. The van der Waals surface area contributed by atoms with Crippen LogP contribution in [0, 0.1) is 0 Å². The fourth-order valence-corrected chi connectivity index (χ4v) is 2.65. The molecular weight excluding hydrogens is 250 g/mol. The van der Waals surface area contributed by atoms with E-state index in [2.05, 4.69) is 42.1 Å². The molecule has 1 N–H and O–H groups in total. The van der Waals surface area contributed by atoms with Gasteiger partial charge in [-0.25, -0.2) is 0 Å². The van der Waals surface area contributed by atoms with Gasteiger partial charge in [-0.05, 0) is 39.6 Å². The van der Waals surface area contributed by atoms with Gasteiger partial charge in [0, 0.05) is 17.6 Å². The summed E-state index contributed by atoms with van der Waals surface area (Å²) in [6.07, 6.45) is 0. The van der Waals surface area contributed by atoms with Crippen LogP contribution in [0.2, 0.25) is 5.02 Å². The van der Waals surface area contributed by atoms with E-state index in [1.807, 2.05) is 12.1 Å². The first-order valence-corrected chi connectivity index (χ1v) is 7.03. The Balaban J connectivity index is 2.21. The van der Waals surface area contributed by atoms with Gasteiger partial charge in [-0.3, -0.25) is 0 Å². The van der Waals surface area contributed by atoms with Crippen molar-refractivity contribution in [1.29, 1.82) is 0 Å². The Morgan fingerprint density at radius 2 is 1.88 bits per heavy atom. The first-order valence-electron chi connectivity index (χ1n) is 5.71. The molecule has 2 aromatic rings. The van der Waals surface area contributed by atoms with Crippen molar-refractivity contribution in [2.75, 3.05) is 0 Å². The molecule has 17 heavy (non-hydrogen) atoms. The molecule has 0 bridgehead atoms. The molecule has 0 aliphatic carbocycles. The molecule has 0 radical (unpaired) electrons. The summed E-state index contributed by atoms with van der Waals surface area (Å²) in [7, 11) is 0. The van der Waals surface area contributed by atoms with Crippen molar-refractivity contribution in [3.8, 4) is 11.1 Å². The zero-order valence-electron chi connectivity index (χ0n) is 10.0. The Kier molecular flexibility index (Phi) is 4.21. The van der Waals surface area contributed by atoms with Crippen molar-refractivity contribution >= 4 is 22.9 Å². The number of thiophene rings is 1. The minimum Gasteiger partial charge on any atom is -0.310 e. The van der Waals surface area contributed by atoms with Crippen LogP contribution < -0.4 is 5.32 Å². The number of benzene rings is 1. The fraction of sp³-hybridized carbons (Fsp3) is 0.286. The predicted molar refractivity (Wildman–Crippen MR) is 76.7 cm³/mol. The lowest BCUT2D eigenvalue weighted by molar-refractivity contribution is 0.590. The number of nitrogens with one attached hydrogen (secondary N) is 1. The van der Waals surface area contributed by atoms with E-state index in [4.69, 9.17) is 11.6 Å². The Labute approximate surface area is 111 Å². The van der Waals surface area contributed by atoms with E-state index in [0.29, 0.717) is 6.04 Å². The van der Waals surface area contributed by atoms with Gasteiger partial charge in [0.05, 0.1) is 0 Å². The highest BCUT2D eigenvalue weighted by Gasteiger charge is 2.06. The summed E-state index contributed by atoms with van der Waals surface area (Å²) in [5, 5.41) is 8.64. The number of halogens is 1. The molecule has 3 heteroatoms. The Bertz CT molecular complexity index is 473. The third kappa shape index (κ3) is 3.32. The molecule has 0 saturated heterocycles. The Morgan fingerprint density at radius 1 is 1.18 bits per heavy atom. The van der Waals surface area contributed by atoms with Crippen LogP contribution in [0.25, 0.3) is 11.1 Å². The standard InChI is InChI=1S/C14H16ClNS/c1-10(2)16-7-12-8-17-9-14(12)11-3-5-13(15)6-4-11/h3-6,8-10,16H,7H2,1-2H3. The van der Waals surface area contributed by atoms with E-state index in [-0.39, 0.29) is 0 Å². The molecule has 0 aliphatic heterocycles. The lowest BCUT2D eigenvalue weighted by Gasteiger charge is -2.09. The third-order valence-electron chi connectivity index (χ3n) is 2.60. The van der Waals surface area contributed by atoms with Crippen molar-refractivity contribution < 1.29 is 0 Å². The van der Waals surface area contributed by atoms with Crippen molar-refractivity contribution in [3.63, 3.8) is 0 Å². The lowest BCUT2D eigenvalue weighted by Crippen LogP contribution is -2.21. The highest BCUT2D eigenvalue weighted by molar-refractivity contribution is 7.08. The van der Waals surface area contributed by atoms with E-state index in [0.717, 1.165) is 11.6 Å². The monoisotopic (exact) mass is 265 g/mol. The highest BCUT2D eigenvalue weighted by atomic mass is 35.5. The fourth-order valence-electron chi connectivity index (χ4n) is 1.66. The van der Waals surface area contributed by atoms with Crippen LogP contribution in [0.5, 0.6) is 0 Å². The molecule has 1 aromatic carbocycles. The van der Waals surface area contributed by atoms with Gasteiger partial charge in [-0.15, -0.1) is 0 Å². The number of hydrogen-bond donors (Lipinski definition) is 1. The van der Waals surface area contributed by atoms with Crippen molar-refractivity contribution in [1.82, 2.24) is 5.32 Å². The average molecular weight is 266 g/mol. The van der Waals surface area contributed by atoms with Crippen LogP contribution in [-0.4, -0.2) is 6.04 Å². The molecule has 0 fully saturated rings. The van der Waals surface area contributed by atoms with Gasteiger partial charge in [0.15, 0.2) is 0 Å². The minimum absolute atomic E-state index is 0.507. The molecule has 1 nitrogen and oxygen atoms in total. The Hall–Kier alpha value is -0.830. The zero-order valence-corrected chi connectivity index (χ0v) is 11.6. The molecular formula is C14H16ClNS. The van der Waals surface area contributed by atoms with E-state index in [1.165, 1.54) is 16.7 Å². The lowest BCUT2D eigenvalue weighted by atomic mass is 10.0. The van der Waals surface area contributed by atoms with E-state index < -0.39 is 0 Å². The van der Waals surface area contributed by atoms with Crippen LogP contribution in [0.1, 0.15) is 19.4 Å². The molecule has 0 saturated carbocycles. The molecule has 0 unspecified atom stereocenters. The first-order chi connectivity index (χ1) is 8.16. The normalized spacial score (nSPS) is 11.1. The molecule has 0 amide bonds. The SMILES string of the molecule is CC(C)NCc1cscc1-c1ccc(Cl)cc1. The predicted octanol–water partition coefficient (Wildman–Crippen LogP) is 4.57. The first kappa shape index (κ1) is 12.6. The largest absolute Gasteiger partial charge is 0.310 e. The highest BCUT2D eigenvalue weighted by Crippen LogP contribution is 2.28. The molecule has 0 aliphatic rings. The summed E-state index contributed by atoms with van der Waals surface area (Å²) in [6, 6.07) is 8.53. The van der Waals surface area contributed by atoms with Crippen LogP contribution in [-0.2, 0) is 6.54 Å². The van der Waals surface area contributed by atoms with Crippen LogP contribution in [0.4, 0.5) is 0 Å². The summed E-state index contributed by atoms with van der Waals surface area (Å²) < 4.78 is 0. The van der Waals surface area contributed by atoms with Gasteiger partial charge in [0.1, 0.15) is 0 Å². The zero-order chi connectivity index (χ0) is 12.3. The topological polar surface area (TPSA) is 12.0 Å². The molecule has 0 spiro atoms. The van der Waals surface area contributed by atoms with Crippen LogP contribution in [0.15, 0.2) is 35.0 Å². The van der Waals surface area contributed by atoms with E-state index in [1.54, 1.807) is 11.3 Å². The van der Waals surface area contributed by atoms with Crippen LogP contribution >= 0.6 is 22.9 Å². The quantitative estimate of drug-likeness (QED) is 0.854. The number of rotatable bonds is 4. The smallest absolute Gasteiger partial charge is 0.0406 e. The minimum atomic E-state index is 0.507. The maximum atomic E-state index is 5.91. The summed E-state index contributed by atoms with van der Waals surface area (Å²) in [5.74, 6) is 0. The van der Waals surface area contributed by atoms with Gasteiger partial charge >= 0.3 is 0 Å². The van der Waals surface area contributed by atoms with E-state index >= 15 is 0 Å². The third-order valence-corrected chi connectivity index (χ3v) is 3.64. The molecule has 2 rings (SSSR count). The molecule has 90 valence electrons. The van der Waals surface area contributed by atoms with Gasteiger partial charge in [0.2, 0.25) is 0 Å². The summed E-state index contributed by atoms with van der Waals surface area (Å²) in [5.41, 5.74) is 3.89. The summed E-state index contributed by atoms with van der Waals surface area (Å²) in [4.78, 5) is 0. The summed E-state index contributed by atoms with van der Waals surface area (Å²) in [6.45, 7) is 5.24. The van der Waals surface area contributed by atoms with Crippen LogP contribution in [0.3, 0.4) is 0 Å². The van der Waals surface area contributed by atoms with Gasteiger partial charge in [0.25, 0.3) is 0 Å². The van der Waals surface area contributed by atoms with Gasteiger partial charge < -0.3 is 5.32 Å². The average Bonchev–Trinajstić information content (AvgIpc) is 2.75. The second kappa shape index (κ2) is 5.67. The molecule has 1 aromatic heterocycles. The second-order valence-electron chi connectivity index (χ2n) is 4.35. The number of hydrogen-bond acceptors (Lipinski definition) is 2. The Morgan fingerprint density at radius 3 is 2.53 bits per heavy atom. The van der Waals surface area contributed by atoms with Gasteiger partial charge in [-0.2, -0.15) is 11.3 Å². The van der Waals surface area contributed by atoms with Crippen molar-refractivity contribution in [2.45, 2.75) is 26.4 Å². The second-order valence-corrected chi connectivity index (χ2v) is 5.53. The van der Waals surface area contributed by atoms with Gasteiger partial charge in [-0.1, -0.05) is 37.6 Å². The maximum Gasteiger partial charge on any atom is 0.0406 e. The molecule has 0 atom stereocenters. The summed E-state index contributed by atoms with van der Waals surface area (Å²) >= 11 is 7.65. The molecule has 1 heterocycles.